The minimum atomic E-state index is -0.739. The molecule has 0 fully saturated rings. The molecule has 2 nitrogen and oxygen atoms in total. The summed E-state index contributed by atoms with van der Waals surface area (Å²) < 4.78 is 25.9. The molecular weight excluding hydrogens is 242 g/mol. The highest BCUT2D eigenvalue weighted by Crippen LogP contribution is 2.29. The normalized spacial score (nSPS) is 11.8. The summed E-state index contributed by atoms with van der Waals surface area (Å²) in [5.41, 5.74) is 5.28. The van der Waals surface area contributed by atoms with Crippen molar-refractivity contribution in [3.63, 3.8) is 0 Å². The largest absolute Gasteiger partial charge is 0.387 e. The Bertz CT molecular complexity index is 336. The maximum Gasteiger partial charge on any atom is 0.152 e. The molecule has 1 rings (SSSR count). The van der Waals surface area contributed by atoms with Crippen molar-refractivity contribution < 1.29 is 8.78 Å². The van der Waals surface area contributed by atoms with Gasteiger partial charge in [0.1, 0.15) is 11.5 Å². The molecule has 1 aromatic rings. The van der Waals surface area contributed by atoms with Gasteiger partial charge in [0.2, 0.25) is 0 Å². The molecule has 0 bridgehead atoms. The van der Waals surface area contributed by atoms with Crippen molar-refractivity contribution in [1.82, 2.24) is 0 Å². The highest BCUT2D eigenvalue weighted by molar-refractivity contribution is 9.10. The Kier molecular flexibility index (Phi) is 2.98. The summed E-state index contributed by atoms with van der Waals surface area (Å²) in [4.78, 5) is 3.71. The standard InChI is InChI=1S/C8H7BrF2N2/c1-4(12)13-8-6(9)2-5(10)3-7(8)11/h2-3H,1H3,(H2,12,13). The summed E-state index contributed by atoms with van der Waals surface area (Å²) in [5, 5.41) is 0. The Balaban J connectivity index is 3.29. The van der Waals surface area contributed by atoms with Gasteiger partial charge in [0, 0.05) is 10.5 Å². The summed E-state index contributed by atoms with van der Waals surface area (Å²) in [5.74, 6) is -1.18. The fourth-order valence-electron chi connectivity index (χ4n) is 0.818. The molecule has 0 unspecified atom stereocenters. The second kappa shape index (κ2) is 3.83. The molecule has 1 aromatic carbocycles. The number of benzene rings is 1. The zero-order chi connectivity index (χ0) is 10.0. The van der Waals surface area contributed by atoms with Crippen LogP contribution in [0.15, 0.2) is 21.6 Å². The second-order valence-corrected chi connectivity index (χ2v) is 3.33. The third kappa shape index (κ3) is 2.48. The third-order valence-electron chi connectivity index (χ3n) is 1.27. The van der Waals surface area contributed by atoms with Crippen molar-refractivity contribution in [2.24, 2.45) is 10.7 Å². The van der Waals surface area contributed by atoms with Gasteiger partial charge in [-0.15, -0.1) is 0 Å². The predicted octanol–water partition coefficient (Wildman–Crippen LogP) is 2.74. The van der Waals surface area contributed by atoms with Crippen LogP contribution in [0.5, 0.6) is 0 Å². The van der Waals surface area contributed by atoms with Gasteiger partial charge in [-0.2, -0.15) is 0 Å². The first-order valence-corrected chi connectivity index (χ1v) is 4.25. The Morgan fingerprint density at radius 3 is 2.54 bits per heavy atom. The van der Waals surface area contributed by atoms with Crippen LogP contribution >= 0.6 is 15.9 Å². The number of aliphatic imine (C=N–C) groups is 1. The van der Waals surface area contributed by atoms with Gasteiger partial charge in [-0.05, 0) is 28.9 Å². The molecule has 70 valence electrons. The average Bonchev–Trinajstić information content (AvgIpc) is 1.96. The monoisotopic (exact) mass is 248 g/mol. The van der Waals surface area contributed by atoms with Crippen LogP contribution in [0.25, 0.3) is 0 Å². The highest BCUT2D eigenvalue weighted by atomic mass is 79.9. The molecule has 0 saturated carbocycles. The smallest absolute Gasteiger partial charge is 0.152 e. The molecule has 2 N–H and O–H groups in total. The quantitative estimate of drug-likeness (QED) is 0.603. The molecule has 0 aliphatic carbocycles. The van der Waals surface area contributed by atoms with E-state index in [0.29, 0.717) is 0 Å². The van der Waals surface area contributed by atoms with Crippen molar-refractivity contribution in [2.75, 3.05) is 0 Å². The van der Waals surface area contributed by atoms with Crippen molar-refractivity contribution in [3.8, 4) is 0 Å². The first-order valence-electron chi connectivity index (χ1n) is 3.46. The van der Waals surface area contributed by atoms with Crippen LogP contribution in [0.1, 0.15) is 6.92 Å². The SMILES string of the molecule is CC(N)=Nc1c(F)cc(F)cc1Br. The Morgan fingerprint density at radius 2 is 2.08 bits per heavy atom. The van der Waals surface area contributed by atoms with Gasteiger partial charge in [-0.3, -0.25) is 0 Å². The lowest BCUT2D eigenvalue weighted by Crippen LogP contribution is -2.04. The van der Waals surface area contributed by atoms with E-state index >= 15 is 0 Å². The van der Waals surface area contributed by atoms with E-state index in [4.69, 9.17) is 5.73 Å². The average molecular weight is 249 g/mol. The predicted molar refractivity (Wildman–Crippen MR) is 51.0 cm³/mol. The van der Waals surface area contributed by atoms with Crippen molar-refractivity contribution in [2.45, 2.75) is 6.92 Å². The maximum absolute atomic E-state index is 13.0. The van der Waals surface area contributed by atoms with Gasteiger partial charge in [-0.1, -0.05) is 0 Å². The van der Waals surface area contributed by atoms with E-state index < -0.39 is 11.6 Å². The minimum Gasteiger partial charge on any atom is -0.387 e. The molecule has 0 atom stereocenters. The van der Waals surface area contributed by atoms with Crippen molar-refractivity contribution >= 4 is 27.5 Å². The fourth-order valence-corrected chi connectivity index (χ4v) is 1.31. The number of nitrogens with two attached hydrogens (primary N) is 1. The summed E-state index contributed by atoms with van der Waals surface area (Å²) in [6, 6.07) is 1.89. The highest BCUT2D eigenvalue weighted by Gasteiger charge is 2.08. The van der Waals surface area contributed by atoms with Gasteiger partial charge in [-0.25, -0.2) is 13.8 Å². The van der Waals surface area contributed by atoms with Crippen LogP contribution in [-0.2, 0) is 0 Å². The lowest BCUT2D eigenvalue weighted by molar-refractivity contribution is 0.583. The molecule has 13 heavy (non-hydrogen) atoms. The van der Waals surface area contributed by atoms with Crippen LogP contribution in [0.3, 0.4) is 0 Å². The van der Waals surface area contributed by atoms with Gasteiger partial charge in [0.05, 0.1) is 5.84 Å². The fraction of sp³-hybridized carbons (Fsp3) is 0.125. The van der Waals surface area contributed by atoms with Crippen LogP contribution in [0.4, 0.5) is 14.5 Å². The second-order valence-electron chi connectivity index (χ2n) is 2.47. The van der Waals surface area contributed by atoms with E-state index in [0.717, 1.165) is 12.1 Å². The van der Waals surface area contributed by atoms with Gasteiger partial charge in [0.15, 0.2) is 5.82 Å². The molecule has 0 aromatic heterocycles. The number of halogens is 3. The molecule has 0 saturated heterocycles. The number of amidine groups is 1. The van der Waals surface area contributed by atoms with Crippen molar-refractivity contribution in [3.05, 3.63) is 28.2 Å². The zero-order valence-electron chi connectivity index (χ0n) is 6.81. The van der Waals surface area contributed by atoms with E-state index in [1.165, 1.54) is 6.92 Å². The number of hydrogen-bond acceptors (Lipinski definition) is 1. The van der Waals surface area contributed by atoms with Gasteiger partial charge >= 0.3 is 0 Å². The minimum absolute atomic E-state index is 0.0152. The maximum atomic E-state index is 13.0. The van der Waals surface area contributed by atoms with Crippen LogP contribution in [-0.4, -0.2) is 5.84 Å². The van der Waals surface area contributed by atoms with Gasteiger partial charge in [0.25, 0.3) is 0 Å². The molecule has 5 heteroatoms. The summed E-state index contributed by atoms with van der Waals surface area (Å²) in [6.07, 6.45) is 0. The number of nitrogens with zero attached hydrogens (tertiary/aromatic N) is 1. The summed E-state index contributed by atoms with van der Waals surface area (Å²) in [6.45, 7) is 1.52. The molecule has 0 aliphatic rings. The molecule has 0 radical (unpaired) electrons. The third-order valence-corrected chi connectivity index (χ3v) is 1.87. The van der Waals surface area contributed by atoms with Crippen LogP contribution < -0.4 is 5.73 Å². The summed E-state index contributed by atoms with van der Waals surface area (Å²) in [7, 11) is 0. The zero-order valence-corrected chi connectivity index (χ0v) is 8.40. The molecule has 0 heterocycles. The van der Waals surface area contributed by atoms with Crippen LogP contribution in [0, 0.1) is 11.6 Å². The molecule has 0 aliphatic heterocycles. The number of hydrogen-bond donors (Lipinski definition) is 1. The first kappa shape index (κ1) is 10.1. The van der Waals surface area contributed by atoms with Crippen LogP contribution in [0.2, 0.25) is 0 Å². The molecule has 0 spiro atoms. The Hall–Kier alpha value is -0.970. The first-order chi connectivity index (χ1) is 6.00. The summed E-state index contributed by atoms with van der Waals surface area (Å²) >= 11 is 2.98. The van der Waals surface area contributed by atoms with E-state index in [9.17, 15) is 8.78 Å². The van der Waals surface area contributed by atoms with E-state index in [-0.39, 0.29) is 16.0 Å². The topological polar surface area (TPSA) is 38.4 Å². The lowest BCUT2D eigenvalue weighted by atomic mass is 10.3. The van der Waals surface area contributed by atoms with E-state index in [1.807, 2.05) is 0 Å². The lowest BCUT2D eigenvalue weighted by Gasteiger charge is -2.01. The molecule has 0 amide bonds. The Morgan fingerprint density at radius 1 is 1.46 bits per heavy atom. The van der Waals surface area contributed by atoms with Crippen molar-refractivity contribution in [1.29, 1.82) is 0 Å². The van der Waals surface area contributed by atoms with E-state index in [2.05, 4.69) is 20.9 Å². The Labute approximate surface area is 82.6 Å². The number of rotatable bonds is 1. The van der Waals surface area contributed by atoms with Gasteiger partial charge < -0.3 is 5.73 Å². The molecular formula is C8H7BrF2N2. The van der Waals surface area contributed by atoms with E-state index in [1.54, 1.807) is 0 Å².